The van der Waals surface area contributed by atoms with E-state index in [2.05, 4.69) is 72.1 Å². The van der Waals surface area contributed by atoms with Crippen LogP contribution in [0.4, 0.5) is 5.82 Å². The molecule has 1 aliphatic heterocycles. The fourth-order valence-electron chi connectivity index (χ4n) is 4.99. The quantitative estimate of drug-likeness (QED) is 0.453. The molecule has 1 saturated heterocycles. The van der Waals surface area contributed by atoms with E-state index in [0.29, 0.717) is 6.04 Å². The number of rotatable bonds is 3. The van der Waals surface area contributed by atoms with Crippen LogP contribution in [0.15, 0.2) is 16.6 Å². The minimum atomic E-state index is 0.570. The lowest BCUT2D eigenvalue weighted by Crippen LogP contribution is -2.40. The van der Waals surface area contributed by atoms with Crippen LogP contribution >= 0.6 is 15.9 Å². The van der Waals surface area contributed by atoms with Gasteiger partial charge in [-0.3, -0.25) is 4.57 Å². The Morgan fingerprint density at radius 2 is 1.72 bits per heavy atom. The highest BCUT2D eigenvalue weighted by atomic mass is 79.9. The summed E-state index contributed by atoms with van der Waals surface area (Å²) in [5.41, 5.74) is 7.31. The van der Waals surface area contributed by atoms with Crippen molar-refractivity contribution in [1.29, 1.82) is 0 Å². The van der Waals surface area contributed by atoms with E-state index in [0.717, 1.165) is 34.7 Å². The van der Waals surface area contributed by atoms with E-state index < -0.39 is 0 Å². The lowest BCUT2D eigenvalue weighted by Gasteiger charge is -2.36. The standard InChI is InChI=1S/C24H31BrN4/c1-7-20-10-8-9-11-28(20)23-21-16(4)17(5)29(24(21)27-18(6)26-23)22-14(2)12-19(25)13-15(22)3/h12-13,20H,7-11H2,1-6H3. The van der Waals surface area contributed by atoms with Crippen LogP contribution in [-0.2, 0) is 0 Å². The average Bonchev–Trinajstić information content (AvgIpc) is 2.91. The first kappa shape index (κ1) is 20.4. The van der Waals surface area contributed by atoms with Gasteiger partial charge in [-0.1, -0.05) is 22.9 Å². The van der Waals surface area contributed by atoms with Crippen molar-refractivity contribution in [1.82, 2.24) is 14.5 Å². The van der Waals surface area contributed by atoms with Crippen LogP contribution < -0.4 is 4.90 Å². The number of hydrogen-bond donors (Lipinski definition) is 0. The molecule has 0 saturated carbocycles. The fraction of sp³-hybridized carbons (Fsp3) is 0.500. The summed E-state index contributed by atoms with van der Waals surface area (Å²) in [5.74, 6) is 1.98. The molecule has 0 amide bonds. The summed E-state index contributed by atoms with van der Waals surface area (Å²) in [5, 5.41) is 1.22. The van der Waals surface area contributed by atoms with Crippen molar-refractivity contribution in [2.75, 3.05) is 11.4 Å². The Kier molecular flexibility index (Phi) is 5.45. The summed E-state index contributed by atoms with van der Waals surface area (Å²) in [6, 6.07) is 4.95. The smallest absolute Gasteiger partial charge is 0.150 e. The maximum atomic E-state index is 4.99. The maximum Gasteiger partial charge on any atom is 0.150 e. The van der Waals surface area contributed by atoms with Crippen molar-refractivity contribution in [2.24, 2.45) is 0 Å². The molecule has 29 heavy (non-hydrogen) atoms. The van der Waals surface area contributed by atoms with E-state index in [1.807, 2.05) is 6.92 Å². The highest BCUT2D eigenvalue weighted by Crippen LogP contribution is 2.38. The minimum Gasteiger partial charge on any atom is -0.353 e. The van der Waals surface area contributed by atoms with Crippen LogP contribution in [0, 0.1) is 34.6 Å². The average molecular weight is 455 g/mol. The predicted molar refractivity (Wildman–Crippen MR) is 126 cm³/mol. The van der Waals surface area contributed by atoms with Gasteiger partial charge in [-0.05, 0) is 89.1 Å². The zero-order valence-corrected chi connectivity index (χ0v) is 20.0. The van der Waals surface area contributed by atoms with E-state index in [1.165, 1.54) is 52.7 Å². The Labute approximate surface area is 182 Å². The van der Waals surface area contributed by atoms with Gasteiger partial charge in [-0.2, -0.15) is 0 Å². The predicted octanol–water partition coefficient (Wildman–Crippen LogP) is 6.49. The molecule has 3 heterocycles. The number of anilines is 1. The second-order valence-corrected chi connectivity index (χ2v) is 9.39. The number of nitrogens with zero attached hydrogens (tertiary/aromatic N) is 4. The van der Waals surface area contributed by atoms with Crippen LogP contribution in [0.3, 0.4) is 0 Å². The molecule has 0 N–H and O–H groups in total. The second kappa shape index (κ2) is 7.75. The molecule has 3 aromatic rings. The van der Waals surface area contributed by atoms with Crippen molar-refractivity contribution in [3.8, 4) is 5.69 Å². The number of aryl methyl sites for hydroxylation is 4. The summed E-state index contributed by atoms with van der Waals surface area (Å²) in [4.78, 5) is 12.5. The third-order valence-electron chi connectivity index (χ3n) is 6.50. The molecule has 1 aromatic carbocycles. The molecule has 1 atom stereocenters. The van der Waals surface area contributed by atoms with Crippen molar-refractivity contribution in [3.63, 3.8) is 0 Å². The molecular formula is C24H31BrN4. The molecule has 5 heteroatoms. The van der Waals surface area contributed by atoms with E-state index in [1.54, 1.807) is 0 Å². The number of halogens is 1. The van der Waals surface area contributed by atoms with E-state index >= 15 is 0 Å². The molecule has 1 fully saturated rings. The topological polar surface area (TPSA) is 34.0 Å². The first-order valence-corrected chi connectivity index (χ1v) is 11.5. The maximum absolute atomic E-state index is 4.99. The van der Waals surface area contributed by atoms with Gasteiger partial charge in [0.15, 0.2) is 5.65 Å². The first-order valence-electron chi connectivity index (χ1n) is 10.7. The van der Waals surface area contributed by atoms with Gasteiger partial charge >= 0.3 is 0 Å². The number of aromatic nitrogens is 3. The highest BCUT2D eigenvalue weighted by molar-refractivity contribution is 9.10. The number of hydrogen-bond acceptors (Lipinski definition) is 3. The Balaban J connectivity index is 2.03. The SMILES string of the molecule is CCC1CCCCN1c1nc(C)nc2c1c(C)c(C)n2-c1c(C)cc(Br)cc1C. The Morgan fingerprint density at radius 3 is 2.38 bits per heavy atom. The van der Waals surface area contributed by atoms with Crippen LogP contribution in [0.25, 0.3) is 16.7 Å². The van der Waals surface area contributed by atoms with Gasteiger partial charge in [-0.25, -0.2) is 9.97 Å². The zero-order valence-electron chi connectivity index (χ0n) is 18.4. The van der Waals surface area contributed by atoms with Crippen LogP contribution in [0.1, 0.15) is 60.8 Å². The largest absolute Gasteiger partial charge is 0.353 e. The fourth-order valence-corrected chi connectivity index (χ4v) is 5.68. The molecular weight excluding hydrogens is 424 g/mol. The van der Waals surface area contributed by atoms with E-state index in [4.69, 9.17) is 9.97 Å². The van der Waals surface area contributed by atoms with Crippen molar-refractivity contribution in [2.45, 2.75) is 73.3 Å². The highest BCUT2D eigenvalue weighted by Gasteiger charge is 2.28. The normalized spacial score (nSPS) is 17.3. The van der Waals surface area contributed by atoms with Crippen molar-refractivity contribution < 1.29 is 0 Å². The van der Waals surface area contributed by atoms with Gasteiger partial charge in [0, 0.05) is 22.8 Å². The molecule has 4 rings (SSSR count). The Hall–Kier alpha value is -1.88. The number of fused-ring (bicyclic) bond motifs is 1. The second-order valence-electron chi connectivity index (χ2n) is 8.48. The molecule has 0 radical (unpaired) electrons. The molecule has 1 aliphatic rings. The summed E-state index contributed by atoms with van der Waals surface area (Å²) < 4.78 is 3.47. The number of benzene rings is 1. The summed E-state index contributed by atoms with van der Waals surface area (Å²) >= 11 is 3.64. The van der Waals surface area contributed by atoms with Crippen LogP contribution in [0.5, 0.6) is 0 Å². The minimum absolute atomic E-state index is 0.570. The monoisotopic (exact) mass is 454 g/mol. The van der Waals surface area contributed by atoms with Gasteiger partial charge in [-0.15, -0.1) is 0 Å². The lowest BCUT2D eigenvalue weighted by molar-refractivity contribution is 0.447. The Morgan fingerprint density at radius 1 is 1.03 bits per heavy atom. The van der Waals surface area contributed by atoms with Crippen LogP contribution in [0.2, 0.25) is 0 Å². The molecule has 2 aromatic heterocycles. The third-order valence-corrected chi connectivity index (χ3v) is 6.96. The van der Waals surface area contributed by atoms with Gasteiger partial charge in [0.2, 0.25) is 0 Å². The van der Waals surface area contributed by atoms with Crippen molar-refractivity contribution >= 4 is 32.8 Å². The van der Waals surface area contributed by atoms with Gasteiger partial charge in [0.25, 0.3) is 0 Å². The lowest BCUT2D eigenvalue weighted by atomic mass is 9.99. The molecule has 154 valence electrons. The first-order chi connectivity index (χ1) is 13.8. The third kappa shape index (κ3) is 3.37. The summed E-state index contributed by atoms with van der Waals surface area (Å²) in [6.07, 6.45) is 4.97. The number of piperidine rings is 1. The van der Waals surface area contributed by atoms with Gasteiger partial charge in [0.05, 0.1) is 11.1 Å². The van der Waals surface area contributed by atoms with Crippen LogP contribution in [-0.4, -0.2) is 27.1 Å². The molecule has 0 aliphatic carbocycles. The van der Waals surface area contributed by atoms with Gasteiger partial charge < -0.3 is 4.90 Å². The molecule has 0 spiro atoms. The zero-order chi connectivity index (χ0) is 20.9. The van der Waals surface area contributed by atoms with Crippen molar-refractivity contribution in [3.05, 3.63) is 44.8 Å². The summed E-state index contributed by atoms with van der Waals surface area (Å²) in [6.45, 7) is 14.2. The molecule has 1 unspecified atom stereocenters. The Bertz CT molecular complexity index is 1060. The van der Waals surface area contributed by atoms with E-state index in [-0.39, 0.29) is 0 Å². The molecule has 0 bridgehead atoms. The summed E-state index contributed by atoms with van der Waals surface area (Å²) in [7, 11) is 0. The van der Waals surface area contributed by atoms with E-state index in [9.17, 15) is 0 Å². The van der Waals surface area contributed by atoms with Gasteiger partial charge in [0.1, 0.15) is 11.6 Å². The molecule has 4 nitrogen and oxygen atoms in total.